The van der Waals surface area contributed by atoms with Crippen LogP contribution >= 0.6 is 11.8 Å². The normalized spacial score (nSPS) is 15.3. The van der Waals surface area contributed by atoms with Crippen molar-refractivity contribution >= 4 is 17.7 Å². The molecule has 0 radical (unpaired) electrons. The predicted octanol–water partition coefficient (Wildman–Crippen LogP) is 0.0637. The maximum Gasteiger partial charge on any atom is 0.230 e. The van der Waals surface area contributed by atoms with Crippen LogP contribution in [0.25, 0.3) is 0 Å². The van der Waals surface area contributed by atoms with Crippen LogP contribution in [-0.2, 0) is 11.3 Å². The Morgan fingerprint density at radius 2 is 2.47 bits per heavy atom. The maximum atomic E-state index is 11.4. The van der Waals surface area contributed by atoms with Gasteiger partial charge in [-0.05, 0) is 30.2 Å². The standard InChI is InChI=1S/C8H13N5OS/c1-2-13-8(10-11-12-13)15-5-7(14)9-6-3-4-6/h6H,2-5H2,1H3,(H,9,14). The zero-order valence-corrected chi connectivity index (χ0v) is 9.33. The van der Waals surface area contributed by atoms with Crippen molar-refractivity contribution in [2.75, 3.05) is 5.75 Å². The Morgan fingerprint density at radius 1 is 1.67 bits per heavy atom. The molecule has 0 aliphatic heterocycles. The van der Waals surface area contributed by atoms with Crippen LogP contribution in [0.4, 0.5) is 0 Å². The summed E-state index contributed by atoms with van der Waals surface area (Å²) in [5.41, 5.74) is 0. The summed E-state index contributed by atoms with van der Waals surface area (Å²) in [5.74, 6) is 0.449. The summed E-state index contributed by atoms with van der Waals surface area (Å²) in [7, 11) is 0. The highest BCUT2D eigenvalue weighted by Gasteiger charge is 2.23. The fraction of sp³-hybridized carbons (Fsp3) is 0.750. The molecule has 2 rings (SSSR count). The van der Waals surface area contributed by atoms with Gasteiger partial charge in [-0.3, -0.25) is 4.79 Å². The molecule has 1 saturated carbocycles. The second-order valence-electron chi connectivity index (χ2n) is 3.41. The van der Waals surface area contributed by atoms with E-state index in [1.807, 2.05) is 6.92 Å². The van der Waals surface area contributed by atoms with Gasteiger partial charge in [-0.1, -0.05) is 11.8 Å². The Labute approximate surface area is 91.8 Å². The lowest BCUT2D eigenvalue weighted by molar-refractivity contribution is -0.118. The molecule has 1 fully saturated rings. The molecule has 1 aliphatic rings. The molecule has 1 aromatic heterocycles. The maximum absolute atomic E-state index is 11.4. The van der Waals surface area contributed by atoms with Gasteiger partial charge in [0.25, 0.3) is 0 Å². The first-order valence-electron chi connectivity index (χ1n) is 4.98. The minimum atomic E-state index is 0.0631. The van der Waals surface area contributed by atoms with E-state index in [9.17, 15) is 4.79 Å². The van der Waals surface area contributed by atoms with Crippen LogP contribution in [0, 0.1) is 0 Å². The van der Waals surface area contributed by atoms with Gasteiger partial charge in [-0.2, -0.15) is 0 Å². The molecule has 0 aromatic carbocycles. The second-order valence-corrected chi connectivity index (χ2v) is 4.35. The van der Waals surface area contributed by atoms with Gasteiger partial charge in [-0.15, -0.1) is 5.10 Å². The Balaban J connectivity index is 1.78. The fourth-order valence-electron chi connectivity index (χ4n) is 1.13. The Kier molecular flexibility index (Phi) is 3.20. The molecule has 0 unspecified atom stereocenters. The summed E-state index contributed by atoms with van der Waals surface area (Å²) < 4.78 is 1.68. The Morgan fingerprint density at radius 3 is 3.13 bits per heavy atom. The van der Waals surface area contributed by atoms with E-state index in [4.69, 9.17) is 0 Å². The smallest absolute Gasteiger partial charge is 0.230 e. The minimum absolute atomic E-state index is 0.0631. The lowest BCUT2D eigenvalue weighted by atomic mass is 10.6. The molecule has 0 spiro atoms. The summed E-state index contributed by atoms with van der Waals surface area (Å²) in [6.45, 7) is 2.68. The SMILES string of the molecule is CCn1nnnc1SCC(=O)NC1CC1. The van der Waals surface area contributed by atoms with E-state index in [1.54, 1.807) is 4.68 Å². The van der Waals surface area contributed by atoms with E-state index >= 15 is 0 Å². The number of carbonyl (C=O) groups is 1. The van der Waals surface area contributed by atoms with E-state index in [0.29, 0.717) is 17.0 Å². The zero-order chi connectivity index (χ0) is 10.7. The number of aryl methyl sites for hydroxylation is 1. The molecular formula is C8H13N5OS. The van der Waals surface area contributed by atoms with Gasteiger partial charge in [0, 0.05) is 12.6 Å². The highest BCUT2D eigenvalue weighted by Crippen LogP contribution is 2.19. The third-order valence-corrected chi connectivity index (χ3v) is 3.03. The number of amides is 1. The van der Waals surface area contributed by atoms with Crippen molar-refractivity contribution in [1.82, 2.24) is 25.5 Å². The molecule has 0 atom stereocenters. The molecule has 7 heteroatoms. The molecule has 15 heavy (non-hydrogen) atoms. The second kappa shape index (κ2) is 4.61. The molecule has 6 nitrogen and oxygen atoms in total. The molecule has 82 valence electrons. The molecule has 0 saturated heterocycles. The van der Waals surface area contributed by atoms with Crippen molar-refractivity contribution in [3.8, 4) is 0 Å². The minimum Gasteiger partial charge on any atom is -0.353 e. The first-order valence-corrected chi connectivity index (χ1v) is 5.96. The molecule has 1 aromatic rings. The molecule has 0 bridgehead atoms. The average molecular weight is 227 g/mol. The third-order valence-electron chi connectivity index (χ3n) is 2.07. The molecule has 1 heterocycles. The van der Waals surface area contributed by atoms with Crippen LogP contribution in [0.1, 0.15) is 19.8 Å². The van der Waals surface area contributed by atoms with Gasteiger partial charge < -0.3 is 5.32 Å². The van der Waals surface area contributed by atoms with Crippen molar-refractivity contribution < 1.29 is 4.79 Å². The van der Waals surface area contributed by atoms with Gasteiger partial charge in [0.15, 0.2) is 0 Å². The number of aromatic nitrogens is 4. The topological polar surface area (TPSA) is 72.7 Å². The molecular weight excluding hydrogens is 214 g/mol. The number of hydrogen-bond donors (Lipinski definition) is 1. The number of carbonyl (C=O) groups excluding carboxylic acids is 1. The van der Waals surface area contributed by atoms with Crippen molar-refractivity contribution in [2.45, 2.75) is 37.5 Å². The molecule has 1 N–H and O–H groups in total. The predicted molar refractivity (Wildman–Crippen MR) is 55.4 cm³/mol. The highest BCUT2D eigenvalue weighted by atomic mass is 32.2. The molecule has 1 aliphatic carbocycles. The van der Waals surface area contributed by atoms with Crippen LogP contribution < -0.4 is 5.32 Å². The highest BCUT2D eigenvalue weighted by molar-refractivity contribution is 7.99. The first kappa shape index (κ1) is 10.4. The number of rotatable bonds is 5. The van der Waals surface area contributed by atoms with Crippen molar-refractivity contribution in [3.63, 3.8) is 0 Å². The summed E-state index contributed by atoms with van der Waals surface area (Å²) in [5, 5.41) is 14.8. The van der Waals surface area contributed by atoms with Crippen LogP contribution in [0.2, 0.25) is 0 Å². The summed E-state index contributed by atoms with van der Waals surface area (Å²) in [4.78, 5) is 11.4. The average Bonchev–Trinajstić information content (AvgIpc) is 2.92. The van der Waals surface area contributed by atoms with Gasteiger partial charge in [0.05, 0.1) is 5.75 Å². The first-order chi connectivity index (χ1) is 7.29. The van der Waals surface area contributed by atoms with Gasteiger partial charge in [0.1, 0.15) is 0 Å². The number of hydrogen-bond acceptors (Lipinski definition) is 5. The van der Waals surface area contributed by atoms with Crippen molar-refractivity contribution in [3.05, 3.63) is 0 Å². The fourth-order valence-corrected chi connectivity index (χ4v) is 1.88. The van der Waals surface area contributed by atoms with E-state index < -0.39 is 0 Å². The van der Waals surface area contributed by atoms with E-state index in [1.165, 1.54) is 11.8 Å². The number of thioether (sulfide) groups is 1. The number of tetrazole rings is 1. The monoisotopic (exact) mass is 227 g/mol. The Bertz CT molecular complexity index is 349. The van der Waals surface area contributed by atoms with Crippen LogP contribution in [-0.4, -0.2) is 37.9 Å². The lowest BCUT2D eigenvalue weighted by Crippen LogP contribution is -2.27. The Hall–Kier alpha value is -1.11. The summed E-state index contributed by atoms with van der Waals surface area (Å²) >= 11 is 1.37. The van der Waals surface area contributed by atoms with Crippen molar-refractivity contribution in [2.24, 2.45) is 0 Å². The number of nitrogens with zero attached hydrogens (tertiary/aromatic N) is 4. The zero-order valence-electron chi connectivity index (χ0n) is 8.51. The van der Waals surface area contributed by atoms with E-state index in [0.717, 1.165) is 19.4 Å². The third kappa shape index (κ3) is 2.92. The van der Waals surface area contributed by atoms with Crippen LogP contribution in [0.3, 0.4) is 0 Å². The van der Waals surface area contributed by atoms with Crippen LogP contribution in [0.15, 0.2) is 5.16 Å². The van der Waals surface area contributed by atoms with Crippen LogP contribution in [0.5, 0.6) is 0 Å². The van der Waals surface area contributed by atoms with E-state index in [-0.39, 0.29) is 5.91 Å². The lowest BCUT2D eigenvalue weighted by Gasteiger charge is -2.02. The van der Waals surface area contributed by atoms with Gasteiger partial charge in [-0.25, -0.2) is 4.68 Å². The largest absolute Gasteiger partial charge is 0.353 e. The van der Waals surface area contributed by atoms with Crippen molar-refractivity contribution in [1.29, 1.82) is 0 Å². The van der Waals surface area contributed by atoms with E-state index in [2.05, 4.69) is 20.8 Å². The van der Waals surface area contributed by atoms with Gasteiger partial charge in [0.2, 0.25) is 11.1 Å². The van der Waals surface area contributed by atoms with Gasteiger partial charge >= 0.3 is 0 Å². The summed E-state index contributed by atoms with van der Waals surface area (Å²) in [6, 6.07) is 0.417. The quantitative estimate of drug-likeness (QED) is 0.720. The summed E-state index contributed by atoms with van der Waals surface area (Å²) in [6.07, 6.45) is 2.23. The number of nitrogens with one attached hydrogen (secondary N) is 1. The molecule has 1 amide bonds.